The van der Waals surface area contributed by atoms with Crippen molar-refractivity contribution in [3.8, 4) is 0 Å². The molecule has 0 saturated carbocycles. The van der Waals surface area contributed by atoms with Gasteiger partial charge in [0.05, 0.1) is 15.3 Å². The van der Waals surface area contributed by atoms with Gasteiger partial charge in [-0.1, -0.05) is 0 Å². The minimum absolute atomic E-state index is 0.0473. The van der Waals surface area contributed by atoms with E-state index in [-0.39, 0.29) is 16.1 Å². The SMILES string of the molecule is Cc1cc(F)c2c(ccn2S(=O)(=O)c2ccc([N+](=O)[O-])cc2)c1. The van der Waals surface area contributed by atoms with Crippen molar-refractivity contribution in [1.82, 2.24) is 3.97 Å². The molecule has 0 N–H and O–H groups in total. The number of non-ortho nitro benzene ring substituents is 1. The Hall–Kier alpha value is -2.74. The van der Waals surface area contributed by atoms with Crippen LogP contribution in [0, 0.1) is 22.9 Å². The molecule has 0 bridgehead atoms. The predicted molar refractivity (Wildman–Crippen MR) is 82.3 cm³/mol. The van der Waals surface area contributed by atoms with Crippen LogP contribution in [0.4, 0.5) is 10.1 Å². The highest BCUT2D eigenvalue weighted by atomic mass is 32.2. The number of halogens is 1. The number of benzene rings is 2. The van der Waals surface area contributed by atoms with E-state index in [9.17, 15) is 22.9 Å². The fourth-order valence-electron chi connectivity index (χ4n) is 2.40. The maximum atomic E-state index is 14.2. The van der Waals surface area contributed by atoms with Crippen LogP contribution >= 0.6 is 0 Å². The number of fused-ring (bicyclic) bond motifs is 1. The molecule has 3 aromatic rings. The second kappa shape index (κ2) is 5.17. The lowest BCUT2D eigenvalue weighted by molar-refractivity contribution is -0.384. The van der Waals surface area contributed by atoms with Gasteiger partial charge in [0, 0.05) is 23.7 Å². The molecule has 0 saturated heterocycles. The van der Waals surface area contributed by atoms with Crippen LogP contribution in [0.25, 0.3) is 10.9 Å². The van der Waals surface area contributed by atoms with E-state index in [2.05, 4.69) is 0 Å². The Kier molecular flexibility index (Phi) is 3.41. The fourth-order valence-corrected chi connectivity index (χ4v) is 3.76. The van der Waals surface area contributed by atoms with E-state index in [4.69, 9.17) is 0 Å². The lowest BCUT2D eigenvalue weighted by Gasteiger charge is -2.08. The number of hydrogen-bond acceptors (Lipinski definition) is 4. The predicted octanol–water partition coefficient (Wildman–Crippen LogP) is 3.23. The molecule has 0 radical (unpaired) electrons. The molecule has 2 aromatic carbocycles. The monoisotopic (exact) mass is 334 g/mol. The first-order chi connectivity index (χ1) is 10.8. The average Bonchev–Trinajstić information content (AvgIpc) is 2.92. The molecule has 118 valence electrons. The van der Waals surface area contributed by atoms with Crippen LogP contribution in [0.1, 0.15) is 5.56 Å². The van der Waals surface area contributed by atoms with Gasteiger partial charge in [0.15, 0.2) is 0 Å². The quantitative estimate of drug-likeness (QED) is 0.544. The van der Waals surface area contributed by atoms with E-state index in [1.807, 2.05) is 0 Å². The molecule has 0 spiro atoms. The van der Waals surface area contributed by atoms with E-state index < -0.39 is 20.8 Å². The van der Waals surface area contributed by atoms with Crippen molar-refractivity contribution in [3.63, 3.8) is 0 Å². The zero-order valence-corrected chi connectivity index (χ0v) is 12.7. The molecule has 6 nitrogen and oxygen atoms in total. The number of nitrogens with zero attached hydrogens (tertiary/aromatic N) is 2. The summed E-state index contributed by atoms with van der Waals surface area (Å²) in [6.45, 7) is 1.71. The lowest BCUT2D eigenvalue weighted by Crippen LogP contribution is -2.12. The second-order valence-corrected chi connectivity index (χ2v) is 6.87. The Balaban J connectivity index is 2.19. The highest BCUT2D eigenvalue weighted by molar-refractivity contribution is 7.90. The van der Waals surface area contributed by atoms with Crippen molar-refractivity contribution < 1.29 is 17.7 Å². The molecule has 0 fully saturated rings. The maximum absolute atomic E-state index is 14.2. The number of rotatable bonds is 3. The maximum Gasteiger partial charge on any atom is 0.269 e. The molecule has 1 heterocycles. The van der Waals surface area contributed by atoms with Gasteiger partial charge in [-0.05, 0) is 42.8 Å². The third-order valence-corrected chi connectivity index (χ3v) is 5.14. The molecular formula is C15H11FN2O4S. The van der Waals surface area contributed by atoms with Gasteiger partial charge in [0.2, 0.25) is 0 Å². The van der Waals surface area contributed by atoms with Crippen LogP contribution in [-0.4, -0.2) is 17.3 Å². The standard InChI is InChI=1S/C15H11FN2O4S/c1-10-8-11-6-7-17(15(11)14(16)9-10)23(21,22)13-4-2-12(3-5-13)18(19)20/h2-9H,1H3. The van der Waals surface area contributed by atoms with Crippen LogP contribution < -0.4 is 0 Å². The summed E-state index contributed by atoms with van der Waals surface area (Å²) in [6.07, 6.45) is 1.27. The van der Waals surface area contributed by atoms with Crippen molar-refractivity contribution in [2.75, 3.05) is 0 Å². The lowest BCUT2D eigenvalue weighted by atomic mass is 10.2. The number of nitro benzene ring substituents is 1. The topological polar surface area (TPSA) is 82.2 Å². The average molecular weight is 334 g/mol. The number of nitro groups is 1. The molecule has 8 heteroatoms. The van der Waals surface area contributed by atoms with Gasteiger partial charge in [-0.2, -0.15) is 0 Å². The first-order valence-corrected chi connectivity index (χ1v) is 8.02. The minimum atomic E-state index is -4.05. The molecule has 3 rings (SSSR count). The first-order valence-electron chi connectivity index (χ1n) is 6.58. The zero-order valence-electron chi connectivity index (χ0n) is 11.9. The van der Waals surface area contributed by atoms with Gasteiger partial charge in [-0.25, -0.2) is 16.8 Å². The summed E-state index contributed by atoms with van der Waals surface area (Å²) in [4.78, 5) is 9.87. The summed E-state index contributed by atoms with van der Waals surface area (Å²) < 4.78 is 40.3. The molecule has 0 aliphatic carbocycles. The Labute approximate surface area is 131 Å². The van der Waals surface area contributed by atoms with E-state index in [0.717, 1.165) is 28.2 Å². The van der Waals surface area contributed by atoms with E-state index in [1.165, 1.54) is 18.3 Å². The normalized spacial score (nSPS) is 11.7. The van der Waals surface area contributed by atoms with Crippen molar-refractivity contribution in [2.45, 2.75) is 11.8 Å². The van der Waals surface area contributed by atoms with Gasteiger partial charge >= 0.3 is 0 Å². The van der Waals surface area contributed by atoms with Crippen molar-refractivity contribution in [3.05, 3.63) is 70.2 Å². The molecule has 0 unspecified atom stereocenters. The highest BCUT2D eigenvalue weighted by Gasteiger charge is 2.21. The van der Waals surface area contributed by atoms with E-state index in [1.54, 1.807) is 13.0 Å². The molecule has 0 amide bonds. The van der Waals surface area contributed by atoms with Crippen LogP contribution in [0.3, 0.4) is 0 Å². The van der Waals surface area contributed by atoms with Crippen LogP contribution in [-0.2, 0) is 10.0 Å². The summed E-state index contributed by atoms with van der Waals surface area (Å²) in [7, 11) is -4.05. The molecule has 0 atom stereocenters. The van der Waals surface area contributed by atoms with E-state index >= 15 is 0 Å². The Morgan fingerprint density at radius 3 is 2.39 bits per heavy atom. The molecule has 0 aliphatic heterocycles. The third kappa shape index (κ3) is 2.46. The Bertz CT molecular complexity index is 1020. The summed E-state index contributed by atoms with van der Waals surface area (Å²) in [6, 6.07) is 8.90. The summed E-state index contributed by atoms with van der Waals surface area (Å²) in [5, 5.41) is 11.1. The van der Waals surface area contributed by atoms with Gasteiger partial charge in [0.25, 0.3) is 15.7 Å². The summed E-state index contributed by atoms with van der Waals surface area (Å²) in [5.41, 5.74) is 0.414. The first kappa shape index (κ1) is 15.2. The van der Waals surface area contributed by atoms with Crippen LogP contribution in [0.5, 0.6) is 0 Å². The summed E-state index contributed by atoms with van der Waals surface area (Å²) in [5.74, 6) is -0.643. The van der Waals surface area contributed by atoms with Gasteiger partial charge < -0.3 is 0 Å². The van der Waals surface area contributed by atoms with Crippen molar-refractivity contribution in [2.24, 2.45) is 0 Å². The van der Waals surface area contributed by atoms with Crippen molar-refractivity contribution >= 4 is 26.6 Å². The second-order valence-electron chi connectivity index (χ2n) is 5.05. The van der Waals surface area contributed by atoms with Crippen molar-refractivity contribution in [1.29, 1.82) is 0 Å². The zero-order chi connectivity index (χ0) is 16.8. The van der Waals surface area contributed by atoms with Crippen LogP contribution in [0.15, 0.2) is 53.6 Å². The molecule has 0 aliphatic rings. The third-order valence-electron chi connectivity index (χ3n) is 3.45. The minimum Gasteiger partial charge on any atom is -0.258 e. The van der Waals surface area contributed by atoms with E-state index in [0.29, 0.717) is 10.9 Å². The number of aromatic nitrogens is 1. The molecular weight excluding hydrogens is 323 g/mol. The number of hydrogen-bond donors (Lipinski definition) is 0. The highest BCUT2D eigenvalue weighted by Crippen LogP contribution is 2.26. The van der Waals surface area contributed by atoms with Crippen LogP contribution in [0.2, 0.25) is 0 Å². The van der Waals surface area contributed by atoms with Gasteiger partial charge in [-0.15, -0.1) is 0 Å². The molecule has 23 heavy (non-hydrogen) atoms. The number of aryl methyl sites for hydroxylation is 1. The Morgan fingerprint density at radius 1 is 1.13 bits per heavy atom. The molecule has 1 aromatic heterocycles. The largest absolute Gasteiger partial charge is 0.269 e. The smallest absolute Gasteiger partial charge is 0.258 e. The fraction of sp³-hybridized carbons (Fsp3) is 0.0667. The van der Waals surface area contributed by atoms with Gasteiger partial charge in [0.1, 0.15) is 5.82 Å². The van der Waals surface area contributed by atoms with Gasteiger partial charge in [-0.3, -0.25) is 10.1 Å². The Morgan fingerprint density at radius 2 is 1.78 bits per heavy atom. The summed E-state index contributed by atoms with van der Waals surface area (Å²) >= 11 is 0.